The van der Waals surface area contributed by atoms with E-state index in [1.165, 1.54) is 155 Å². The third kappa shape index (κ3) is 7.46. The summed E-state index contributed by atoms with van der Waals surface area (Å²) in [4.78, 5) is 0. The van der Waals surface area contributed by atoms with E-state index in [0.717, 1.165) is 0 Å². The highest BCUT2D eigenvalue weighted by molar-refractivity contribution is 6.35. The lowest BCUT2D eigenvalue weighted by molar-refractivity contribution is 0.568. The predicted octanol–water partition coefficient (Wildman–Crippen LogP) is 22.0. The molecule has 0 amide bonds. The molecule has 0 heteroatoms. The maximum atomic E-state index is 2.52. The molecular weight excluding hydrogens is 913 g/mol. The van der Waals surface area contributed by atoms with E-state index in [1.807, 2.05) is 0 Å². The zero-order valence-corrected chi connectivity index (χ0v) is 46.5. The van der Waals surface area contributed by atoms with Gasteiger partial charge in [-0.15, -0.1) is 0 Å². The molecule has 0 nitrogen and oxygen atoms in total. The standard InChI is InChI=1S/C76H68/c1-73(2,3)51-38-49(39-52(43-51)74(4,5)6)65-55-30-22-23-31-56(55)66(50-40-53(75(7,8)9)44-54(41-50)76(10,11)12)72-61-37-35-59-67-58(34-36-60(68(61)67)71(65)72)69-63(46-26-18-14-19-27-46)57-33-32-48(45-24-16-13-17-25-45)42-62(57)64(70(59)69)47-28-20-15-21-29-47/h13-44H,1-12H3. The summed E-state index contributed by atoms with van der Waals surface area (Å²) in [6.07, 6.45) is 0. The number of hydrogen-bond donors (Lipinski definition) is 0. The Bertz CT molecular complexity index is 4000. The SMILES string of the molecule is CC(C)(C)c1cc(-c2c3c(c(-c4cc(C(C)(C)C)cc(C(C)(C)C)c4)c4ccccc24)-c2ccc4c5c(ccc-3c25)-c2c-4c(-c3ccccc3)c3cc(-c4ccccc4)ccc3c2-c2ccccc2)cc(C(C)(C)C)c1. The fourth-order valence-electron chi connectivity index (χ4n) is 12.8. The van der Waals surface area contributed by atoms with Crippen LogP contribution in [0.25, 0.3) is 132 Å². The van der Waals surface area contributed by atoms with Gasteiger partial charge >= 0.3 is 0 Å². The smallest absolute Gasteiger partial charge is 0.000740 e. The van der Waals surface area contributed by atoms with Gasteiger partial charge < -0.3 is 0 Å². The summed E-state index contributed by atoms with van der Waals surface area (Å²) < 4.78 is 0. The van der Waals surface area contributed by atoms with Crippen LogP contribution in [-0.4, -0.2) is 0 Å². The summed E-state index contributed by atoms with van der Waals surface area (Å²) in [5.41, 5.74) is 28.5. The second-order valence-corrected chi connectivity index (χ2v) is 26.1. The Hall–Kier alpha value is -7.80. The zero-order valence-electron chi connectivity index (χ0n) is 46.5. The Morgan fingerprint density at radius 3 is 0.829 bits per heavy atom. The van der Waals surface area contributed by atoms with Crippen molar-refractivity contribution < 1.29 is 0 Å². The van der Waals surface area contributed by atoms with Gasteiger partial charge in [-0.3, -0.25) is 0 Å². The van der Waals surface area contributed by atoms with E-state index in [-0.39, 0.29) is 21.7 Å². The van der Waals surface area contributed by atoms with E-state index in [1.54, 1.807) is 0 Å². The third-order valence-electron chi connectivity index (χ3n) is 16.9. The molecule has 76 heavy (non-hydrogen) atoms. The molecule has 0 atom stereocenters. The van der Waals surface area contributed by atoms with Crippen LogP contribution in [0.5, 0.6) is 0 Å². The summed E-state index contributed by atoms with van der Waals surface area (Å²) >= 11 is 0. The summed E-state index contributed by atoms with van der Waals surface area (Å²) in [5, 5.41) is 7.84. The summed E-state index contributed by atoms with van der Waals surface area (Å²) in [6.45, 7) is 28.4. The normalized spacial score (nSPS) is 13.0. The maximum Gasteiger partial charge on any atom is -0.000740 e. The molecule has 0 bridgehead atoms. The van der Waals surface area contributed by atoms with Crippen molar-refractivity contribution in [3.05, 3.63) is 216 Å². The molecule has 0 unspecified atom stereocenters. The maximum absolute atomic E-state index is 2.52. The van der Waals surface area contributed by atoms with Gasteiger partial charge in [-0.05, 0) is 182 Å². The van der Waals surface area contributed by atoms with Gasteiger partial charge in [0, 0.05) is 0 Å². The van der Waals surface area contributed by atoms with E-state index in [4.69, 9.17) is 0 Å². The number of rotatable bonds is 5. The van der Waals surface area contributed by atoms with E-state index < -0.39 is 0 Å². The van der Waals surface area contributed by atoms with Gasteiger partial charge in [0.1, 0.15) is 0 Å². The first-order chi connectivity index (χ1) is 36.3. The van der Waals surface area contributed by atoms with Gasteiger partial charge in [-0.1, -0.05) is 271 Å². The van der Waals surface area contributed by atoms with Crippen LogP contribution in [-0.2, 0) is 21.7 Å². The van der Waals surface area contributed by atoms with Crippen molar-refractivity contribution in [1.29, 1.82) is 0 Å². The van der Waals surface area contributed by atoms with Crippen LogP contribution in [0, 0.1) is 0 Å². The molecule has 0 spiro atoms. The van der Waals surface area contributed by atoms with Crippen molar-refractivity contribution >= 4 is 32.3 Å². The van der Waals surface area contributed by atoms with Crippen molar-refractivity contribution in [2.75, 3.05) is 0 Å². The molecule has 0 N–H and O–H groups in total. The Morgan fingerprint density at radius 2 is 0.487 bits per heavy atom. The number of fused-ring (bicyclic) bond motifs is 8. The number of hydrogen-bond acceptors (Lipinski definition) is 0. The highest BCUT2D eigenvalue weighted by Crippen LogP contribution is 2.65. The lowest BCUT2D eigenvalue weighted by atomic mass is 9.75. The van der Waals surface area contributed by atoms with Crippen LogP contribution in [0.3, 0.4) is 0 Å². The molecule has 2 aliphatic carbocycles. The van der Waals surface area contributed by atoms with Crippen molar-refractivity contribution in [1.82, 2.24) is 0 Å². The van der Waals surface area contributed by atoms with Gasteiger partial charge in [0.15, 0.2) is 0 Å². The summed E-state index contributed by atoms with van der Waals surface area (Å²) in [7, 11) is 0. The molecule has 11 aromatic carbocycles. The zero-order chi connectivity index (χ0) is 52.8. The molecule has 13 rings (SSSR count). The monoisotopic (exact) mass is 981 g/mol. The largest absolute Gasteiger partial charge is 0.0622 e. The molecule has 2 aliphatic rings. The van der Waals surface area contributed by atoms with E-state index in [0.29, 0.717) is 0 Å². The predicted molar refractivity (Wildman–Crippen MR) is 330 cm³/mol. The van der Waals surface area contributed by atoms with Gasteiger partial charge in [-0.25, -0.2) is 0 Å². The second-order valence-electron chi connectivity index (χ2n) is 26.1. The summed E-state index contributed by atoms with van der Waals surface area (Å²) in [5.74, 6) is 0. The second kappa shape index (κ2) is 16.9. The fourth-order valence-corrected chi connectivity index (χ4v) is 12.8. The topological polar surface area (TPSA) is 0 Å². The van der Waals surface area contributed by atoms with Crippen LogP contribution in [0.15, 0.2) is 194 Å². The highest BCUT2D eigenvalue weighted by Gasteiger charge is 2.38. The molecule has 0 fully saturated rings. The van der Waals surface area contributed by atoms with Gasteiger partial charge in [-0.2, -0.15) is 0 Å². The lowest BCUT2D eigenvalue weighted by Gasteiger charge is -2.29. The van der Waals surface area contributed by atoms with E-state index >= 15 is 0 Å². The first-order valence-electron chi connectivity index (χ1n) is 27.6. The van der Waals surface area contributed by atoms with E-state index in [9.17, 15) is 0 Å². The van der Waals surface area contributed by atoms with Crippen LogP contribution in [0.4, 0.5) is 0 Å². The molecule has 0 heterocycles. The Morgan fingerprint density at radius 1 is 0.197 bits per heavy atom. The number of benzene rings is 11. The first kappa shape index (κ1) is 47.9. The fraction of sp³-hybridized carbons (Fsp3) is 0.211. The molecule has 0 radical (unpaired) electrons. The minimum absolute atomic E-state index is 0.0543. The average molecular weight is 981 g/mol. The van der Waals surface area contributed by atoms with Crippen molar-refractivity contribution in [3.63, 3.8) is 0 Å². The molecule has 0 saturated carbocycles. The lowest BCUT2D eigenvalue weighted by Crippen LogP contribution is -2.17. The van der Waals surface area contributed by atoms with Crippen LogP contribution >= 0.6 is 0 Å². The van der Waals surface area contributed by atoms with Crippen molar-refractivity contribution in [3.8, 4) is 100 Å². The minimum atomic E-state index is -0.0543. The minimum Gasteiger partial charge on any atom is -0.0622 e. The van der Waals surface area contributed by atoms with Crippen LogP contribution in [0.2, 0.25) is 0 Å². The van der Waals surface area contributed by atoms with Gasteiger partial charge in [0.25, 0.3) is 0 Å². The molecule has 0 aliphatic heterocycles. The molecule has 0 aromatic heterocycles. The molecule has 11 aromatic rings. The Kier molecular flexibility index (Phi) is 10.6. The van der Waals surface area contributed by atoms with Crippen LogP contribution in [0.1, 0.15) is 105 Å². The first-order valence-corrected chi connectivity index (χ1v) is 27.6. The van der Waals surface area contributed by atoms with Gasteiger partial charge in [0.05, 0.1) is 0 Å². The Labute approximate surface area is 451 Å². The Balaban J connectivity index is 1.21. The molecule has 372 valence electrons. The third-order valence-corrected chi connectivity index (χ3v) is 16.9. The quantitative estimate of drug-likeness (QED) is 0.161. The van der Waals surface area contributed by atoms with Crippen molar-refractivity contribution in [2.45, 2.75) is 105 Å². The highest BCUT2D eigenvalue weighted by atomic mass is 14.4. The van der Waals surface area contributed by atoms with Gasteiger partial charge in [0.2, 0.25) is 0 Å². The van der Waals surface area contributed by atoms with E-state index in [2.05, 4.69) is 277 Å². The molecular formula is C76H68. The average Bonchev–Trinajstić information content (AvgIpc) is 3.89. The summed E-state index contributed by atoms with van der Waals surface area (Å²) in [6, 6.07) is 74.9. The van der Waals surface area contributed by atoms with Crippen molar-refractivity contribution in [2.24, 2.45) is 0 Å². The van der Waals surface area contributed by atoms with Crippen LogP contribution < -0.4 is 0 Å². The molecule has 0 saturated heterocycles.